The molecule has 1 amide bonds. The number of imidazole rings is 1. The highest BCUT2D eigenvalue weighted by atomic mass is 32.2. The summed E-state index contributed by atoms with van der Waals surface area (Å²) in [5, 5.41) is 11.9. The number of nitrogens with zero attached hydrogens (tertiary/aromatic N) is 3. The third kappa shape index (κ3) is 2.32. The molecular weight excluding hydrogens is 284 g/mol. The van der Waals surface area contributed by atoms with Crippen molar-refractivity contribution in [2.24, 2.45) is 0 Å². The summed E-state index contributed by atoms with van der Waals surface area (Å²) in [7, 11) is -1.17. The smallest absolute Gasteiger partial charge is 0.310 e. The number of hydrogen-bond acceptors (Lipinski definition) is 5. The molecule has 1 heterocycles. The highest BCUT2D eigenvalue weighted by molar-refractivity contribution is 7.87. The van der Waals surface area contributed by atoms with Gasteiger partial charge in [-0.05, 0) is 12.1 Å². The summed E-state index contributed by atoms with van der Waals surface area (Å²) < 4.78 is 26.5. The zero-order valence-electron chi connectivity index (χ0n) is 11.2. The van der Waals surface area contributed by atoms with Crippen LogP contribution in [0, 0.1) is 0 Å². The lowest BCUT2D eigenvalue weighted by Gasteiger charge is -2.15. The molecule has 0 bridgehead atoms. The fourth-order valence-electron chi connectivity index (χ4n) is 1.68. The number of phenolic OH excluding ortho intramolecular Hbond substituents is 1. The van der Waals surface area contributed by atoms with Crippen molar-refractivity contribution < 1.29 is 18.3 Å². The van der Waals surface area contributed by atoms with E-state index in [1.165, 1.54) is 39.2 Å². The van der Waals surface area contributed by atoms with E-state index in [9.17, 15) is 18.3 Å². The van der Waals surface area contributed by atoms with Gasteiger partial charge in [-0.25, -0.2) is 4.98 Å². The van der Waals surface area contributed by atoms with Gasteiger partial charge < -0.3 is 5.11 Å². The van der Waals surface area contributed by atoms with Crippen LogP contribution in [0.2, 0.25) is 0 Å². The number of benzene rings is 1. The molecule has 0 aliphatic carbocycles. The molecule has 1 aromatic heterocycles. The third-order valence-corrected chi connectivity index (χ3v) is 4.33. The molecule has 0 radical (unpaired) electrons. The Morgan fingerprint density at radius 1 is 1.40 bits per heavy atom. The van der Waals surface area contributed by atoms with Crippen molar-refractivity contribution in [3.63, 3.8) is 0 Å². The Morgan fingerprint density at radius 3 is 2.60 bits per heavy atom. The number of hydrogen-bond donors (Lipinski definition) is 2. The first-order valence-corrected chi connectivity index (χ1v) is 7.05. The Bertz CT molecular complexity index is 779. The quantitative estimate of drug-likeness (QED) is 0.851. The Labute approximate surface area is 115 Å². The number of carbonyl (C=O) groups excluding carboxylic acids is 1. The van der Waals surface area contributed by atoms with E-state index in [-0.39, 0.29) is 17.2 Å². The van der Waals surface area contributed by atoms with Gasteiger partial charge in [0.05, 0.1) is 11.0 Å². The van der Waals surface area contributed by atoms with Gasteiger partial charge in [0.1, 0.15) is 5.75 Å². The topological polar surface area (TPSA) is 105 Å². The number of phenols is 1. The second kappa shape index (κ2) is 4.76. The third-order valence-electron chi connectivity index (χ3n) is 2.58. The van der Waals surface area contributed by atoms with Gasteiger partial charge in [-0.1, -0.05) is 0 Å². The minimum Gasteiger partial charge on any atom is -0.508 e. The number of aromatic nitrogens is 2. The monoisotopic (exact) mass is 298 g/mol. The van der Waals surface area contributed by atoms with Crippen molar-refractivity contribution in [1.82, 2.24) is 13.3 Å². The van der Waals surface area contributed by atoms with Crippen molar-refractivity contribution in [1.29, 1.82) is 0 Å². The lowest BCUT2D eigenvalue weighted by atomic mass is 10.3. The van der Waals surface area contributed by atoms with Crippen LogP contribution in [0.15, 0.2) is 18.2 Å². The van der Waals surface area contributed by atoms with Crippen LogP contribution < -0.4 is 5.32 Å². The van der Waals surface area contributed by atoms with Crippen LogP contribution in [0.5, 0.6) is 5.75 Å². The molecule has 9 heteroatoms. The molecule has 0 aliphatic heterocycles. The van der Waals surface area contributed by atoms with E-state index >= 15 is 0 Å². The molecular formula is C11H14N4O4S. The molecule has 0 unspecified atom stereocenters. The van der Waals surface area contributed by atoms with Crippen LogP contribution in [-0.4, -0.2) is 46.8 Å². The van der Waals surface area contributed by atoms with E-state index in [0.717, 1.165) is 8.28 Å². The molecule has 108 valence electrons. The number of aromatic hydroxyl groups is 1. The first-order valence-electron chi connectivity index (χ1n) is 5.65. The van der Waals surface area contributed by atoms with E-state index in [1.807, 2.05) is 0 Å². The zero-order valence-corrected chi connectivity index (χ0v) is 12.0. The summed E-state index contributed by atoms with van der Waals surface area (Å²) in [6.45, 7) is 1.25. The summed E-state index contributed by atoms with van der Waals surface area (Å²) in [6.07, 6.45) is 0. The van der Waals surface area contributed by atoms with E-state index in [2.05, 4.69) is 10.3 Å². The molecule has 2 N–H and O–H groups in total. The lowest BCUT2D eigenvalue weighted by molar-refractivity contribution is -0.114. The van der Waals surface area contributed by atoms with Crippen LogP contribution in [0.25, 0.3) is 11.0 Å². The van der Waals surface area contributed by atoms with Crippen molar-refractivity contribution in [3.05, 3.63) is 18.2 Å². The maximum absolute atomic E-state index is 12.3. The second-order valence-electron chi connectivity index (χ2n) is 4.34. The normalized spacial score (nSPS) is 12.0. The van der Waals surface area contributed by atoms with Gasteiger partial charge in [-0.15, -0.1) is 0 Å². The van der Waals surface area contributed by atoms with E-state index in [0.29, 0.717) is 5.52 Å². The second-order valence-corrected chi connectivity index (χ2v) is 6.34. The molecule has 0 fully saturated rings. The Balaban J connectivity index is 2.83. The summed E-state index contributed by atoms with van der Waals surface area (Å²) in [5.74, 6) is -0.659. The number of carbonyl (C=O) groups is 1. The van der Waals surface area contributed by atoms with Crippen LogP contribution in [0.3, 0.4) is 0 Å². The highest BCUT2D eigenvalue weighted by Gasteiger charge is 2.25. The van der Waals surface area contributed by atoms with Crippen molar-refractivity contribution in [2.75, 3.05) is 19.4 Å². The maximum atomic E-state index is 12.3. The summed E-state index contributed by atoms with van der Waals surface area (Å²) >= 11 is 0. The van der Waals surface area contributed by atoms with Gasteiger partial charge in [-0.2, -0.15) is 16.7 Å². The number of anilines is 1. The first-order chi connectivity index (χ1) is 9.23. The van der Waals surface area contributed by atoms with Crippen molar-refractivity contribution in [3.8, 4) is 5.75 Å². The number of fused-ring (bicyclic) bond motifs is 1. The van der Waals surface area contributed by atoms with Crippen LogP contribution in [0.1, 0.15) is 6.92 Å². The Morgan fingerprint density at radius 2 is 2.05 bits per heavy atom. The van der Waals surface area contributed by atoms with Gasteiger partial charge in [0.25, 0.3) is 0 Å². The van der Waals surface area contributed by atoms with E-state index < -0.39 is 16.1 Å². The van der Waals surface area contributed by atoms with Gasteiger partial charge in [0, 0.05) is 27.1 Å². The molecule has 0 saturated carbocycles. The first kappa shape index (κ1) is 14.3. The molecule has 0 spiro atoms. The van der Waals surface area contributed by atoms with Crippen LogP contribution in [0.4, 0.5) is 5.95 Å². The Kier molecular flexibility index (Phi) is 3.40. The molecule has 8 nitrogen and oxygen atoms in total. The molecule has 0 saturated heterocycles. The predicted octanol–water partition coefficient (Wildman–Crippen LogP) is 0.355. The number of amides is 1. The molecule has 1 aromatic carbocycles. The minimum atomic E-state index is -3.89. The number of nitrogens with one attached hydrogen (secondary N) is 1. The SMILES string of the molecule is CC(=O)Nc1nc2ccc(O)cc2n1S(=O)(=O)N(C)C. The standard InChI is InChI=1S/C11H14N4O4S/c1-7(16)12-11-13-9-5-4-8(17)6-10(9)15(11)20(18,19)14(2)3/h4-6,17H,1-3H3,(H,12,13,16). The number of rotatable bonds is 3. The van der Waals surface area contributed by atoms with Crippen LogP contribution >= 0.6 is 0 Å². The van der Waals surface area contributed by atoms with Crippen molar-refractivity contribution in [2.45, 2.75) is 6.92 Å². The zero-order chi connectivity index (χ0) is 15.1. The Hall–Kier alpha value is -2.13. The predicted molar refractivity (Wildman–Crippen MR) is 73.7 cm³/mol. The van der Waals surface area contributed by atoms with Crippen LogP contribution in [-0.2, 0) is 15.0 Å². The highest BCUT2D eigenvalue weighted by Crippen LogP contribution is 2.26. The van der Waals surface area contributed by atoms with Gasteiger partial charge in [0.2, 0.25) is 11.9 Å². The average molecular weight is 298 g/mol. The molecule has 0 atom stereocenters. The van der Waals surface area contributed by atoms with Crippen molar-refractivity contribution >= 4 is 33.1 Å². The van der Waals surface area contributed by atoms with Gasteiger partial charge in [-0.3, -0.25) is 10.1 Å². The van der Waals surface area contributed by atoms with Gasteiger partial charge in [0.15, 0.2) is 0 Å². The maximum Gasteiger partial charge on any atom is 0.310 e. The largest absolute Gasteiger partial charge is 0.508 e. The summed E-state index contributed by atoms with van der Waals surface area (Å²) in [4.78, 5) is 15.2. The lowest BCUT2D eigenvalue weighted by Crippen LogP contribution is -2.30. The molecule has 2 rings (SSSR count). The average Bonchev–Trinajstić information content (AvgIpc) is 2.65. The molecule has 2 aromatic rings. The van der Waals surface area contributed by atoms with Gasteiger partial charge >= 0.3 is 10.2 Å². The molecule has 0 aliphatic rings. The molecule has 20 heavy (non-hydrogen) atoms. The van der Waals surface area contributed by atoms with E-state index in [1.54, 1.807) is 0 Å². The fraction of sp³-hybridized carbons (Fsp3) is 0.273. The minimum absolute atomic E-state index is 0.0954. The fourth-order valence-corrected chi connectivity index (χ4v) is 2.70. The summed E-state index contributed by atoms with van der Waals surface area (Å²) in [5.41, 5.74) is 0.527. The van der Waals surface area contributed by atoms with E-state index in [4.69, 9.17) is 0 Å². The summed E-state index contributed by atoms with van der Waals surface area (Å²) in [6, 6.07) is 4.13.